The van der Waals surface area contributed by atoms with Gasteiger partial charge in [-0.2, -0.15) is 10.5 Å². The molecule has 0 radical (unpaired) electrons. The second-order valence-corrected chi connectivity index (χ2v) is 4.26. The van der Waals surface area contributed by atoms with Crippen LogP contribution in [0.3, 0.4) is 0 Å². The van der Waals surface area contributed by atoms with Gasteiger partial charge in [0.05, 0.1) is 32.1 Å². The lowest BCUT2D eigenvalue weighted by Crippen LogP contribution is -1.94. The molecule has 0 aliphatic rings. The molecule has 5 heteroatoms. The molecule has 104 valence electrons. The molecule has 2 aromatic rings. The number of ether oxygens (including phenoxy) is 2. The van der Waals surface area contributed by atoms with Gasteiger partial charge in [0.2, 0.25) is 5.88 Å². The van der Waals surface area contributed by atoms with Gasteiger partial charge in [0, 0.05) is 12.3 Å². The number of hydrogen-bond acceptors (Lipinski definition) is 5. The highest BCUT2D eigenvalue weighted by atomic mass is 16.5. The summed E-state index contributed by atoms with van der Waals surface area (Å²) in [7, 11) is 1.54. The number of nitrogens with zero attached hydrogens (tertiary/aromatic N) is 3. The van der Waals surface area contributed by atoms with Crippen LogP contribution in [0, 0.1) is 22.7 Å². The van der Waals surface area contributed by atoms with E-state index in [2.05, 4.69) is 17.1 Å². The van der Waals surface area contributed by atoms with Gasteiger partial charge in [0.15, 0.2) is 11.5 Å². The third-order valence-corrected chi connectivity index (χ3v) is 2.81. The van der Waals surface area contributed by atoms with E-state index in [-0.39, 0.29) is 0 Å². The highest BCUT2D eigenvalue weighted by Gasteiger charge is 2.08. The molecule has 0 fully saturated rings. The average Bonchev–Trinajstić information content (AvgIpc) is 2.51. The summed E-state index contributed by atoms with van der Waals surface area (Å²) in [5.74, 6) is 1.49. The SMILES string of the molecule is COc1cc(CC#N)ccc1Oc1ccc(CC#N)cn1. The predicted octanol–water partition coefficient (Wildman–Crippen LogP) is 3.01. The van der Waals surface area contributed by atoms with E-state index in [0.29, 0.717) is 30.2 Å². The zero-order valence-corrected chi connectivity index (χ0v) is 11.5. The number of pyridine rings is 1. The minimum atomic E-state index is 0.317. The molecule has 0 atom stereocenters. The monoisotopic (exact) mass is 279 g/mol. The lowest BCUT2D eigenvalue weighted by atomic mass is 10.1. The molecule has 0 unspecified atom stereocenters. The van der Waals surface area contributed by atoms with Crippen LogP contribution in [-0.2, 0) is 12.8 Å². The van der Waals surface area contributed by atoms with E-state index in [9.17, 15) is 0 Å². The van der Waals surface area contributed by atoms with Crippen LogP contribution in [0.25, 0.3) is 0 Å². The van der Waals surface area contributed by atoms with E-state index in [1.54, 1.807) is 37.6 Å². The molecular formula is C16H13N3O2. The van der Waals surface area contributed by atoms with Crippen LogP contribution >= 0.6 is 0 Å². The Labute approximate surface area is 123 Å². The molecule has 1 aromatic carbocycles. The van der Waals surface area contributed by atoms with E-state index < -0.39 is 0 Å². The molecule has 5 nitrogen and oxygen atoms in total. The first-order valence-corrected chi connectivity index (χ1v) is 6.30. The normalized spacial score (nSPS) is 9.48. The Hall–Kier alpha value is -3.05. The maximum atomic E-state index is 8.70. The number of aromatic nitrogens is 1. The molecular weight excluding hydrogens is 266 g/mol. The Balaban J connectivity index is 2.19. The maximum absolute atomic E-state index is 8.70. The summed E-state index contributed by atoms with van der Waals surface area (Å²) in [6, 6.07) is 13.0. The fourth-order valence-electron chi connectivity index (χ4n) is 1.78. The van der Waals surface area contributed by atoms with Gasteiger partial charge < -0.3 is 9.47 Å². The fraction of sp³-hybridized carbons (Fsp3) is 0.188. The first-order valence-electron chi connectivity index (χ1n) is 6.30. The molecule has 21 heavy (non-hydrogen) atoms. The summed E-state index contributed by atoms with van der Waals surface area (Å²) in [6.45, 7) is 0. The molecule has 0 saturated heterocycles. The van der Waals surface area contributed by atoms with Crippen LogP contribution in [-0.4, -0.2) is 12.1 Å². The number of hydrogen-bond donors (Lipinski definition) is 0. The van der Waals surface area contributed by atoms with Crippen molar-refractivity contribution in [3.8, 4) is 29.5 Å². The lowest BCUT2D eigenvalue weighted by molar-refractivity contribution is 0.373. The van der Waals surface area contributed by atoms with Gasteiger partial charge in [-0.1, -0.05) is 12.1 Å². The van der Waals surface area contributed by atoms with Crippen molar-refractivity contribution < 1.29 is 9.47 Å². The van der Waals surface area contributed by atoms with E-state index in [0.717, 1.165) is 11.1 Å². The summed E-state index contributed by atoms with van der Waals surface area (Å²) in [4.78, 5) is 4.15. The van der Waals surface area contributed by atoms with Crippen molar-refractivity contribution in [2.45, 2.75) is 12.8 Å². The van der Waals surface area contributed by atoms with Gasteiger partial charge in [0.25, 0.3) is 0 Å². The fourth-order valence-corrected chi connectivity index (χ4v) is 1.78. The number of methoxy groups -OCH3 is 1. The van der Waals surface area contributed by atoms with Crippen LogP contribution in [0.15, 0.2) is 36.5 Å². The second kappa shape index (κ2) is 6.93. The summed E-state index contributed by atoms with van der Waals surface area (Å²) >= 11 is 0. The van der Waals surface area contributed by atoms with E-state index in [1.165, 1.54) is 0 Å². The van der Waals surface area contributed by atoms with Crippen LogP contribution in [0.2, 0.25) is 0 Å². The quantitative estimate of drug-likeness (QED) is 0.840. The van der Waals surface area contributed by atoms with Crippen molar-refractivity contribution in [1.82, 2.24) is 4.98 Å². The van der Waals surface area contributed by atoms with Crippen molar-refractivity contribution >= 4 is 0 Å². The Kier molecular flexibility index (Phi) is 4.74. The highest BCUT2D eigenvalue weighted by molar-refractivity contribution is 5.45. The predicted molar refractivity (Wildman–Crippen MR) is 75.9 cm³/mol. The molecule has 1 aromatic heterocycles. The van der Waals surface area contributed by atoms with Crippen LogP contribution < -0.4 is 9.47 Å². The topological polar surface area (TPSA) is 78.9 Å². The summed E-state index contributed by atoms with van der Waals surface area (Å²) in [6.07, 6.45) is 2.24. The zero-order valence-electron chi connectivity index (χ0n) is 11.5. The molecule has 0 N–H and O–H groups in total. The van der Waals surface area contributed by atoms with Crippen molar-refractivity contribution in [2.24, 2.45) is 0 Å². The van der Waals surface area contributed by atoms with E-state index >= 15 is 0 Å². The van der Waals surface area contributed by atoms with Crippen molar-refractivity contribution in [1.29, 1.82) is 10.5 Å². The Morgan fingerprint density at radius 3 is 2.33 bits per heavy atom. The van der Waals surface area contributed by atoms with Gasteiger partial charge >= 0.3 is 0 Å². The Morgan fingerprint density at radius 1 is 1.00 bits per heavy atom. The molecule has 2 rings (SSSR count). The molecule has 0 aliphatic carbocycles. The van der Waals surface area contributed by atoms with Gasteiger partial charge in [0.1, 0.15) is 0 Å². The largest absolute Gasteiger partial charge is 0.493 e. The Bertz CT molecular complexity index is 697. The average molecular weight is 279 g/mol. The van der Waals surface area contributed by atoms with Crippen LogP contribution in [0.5, 0.6) is 17.4 Å². The minimum Gasteiger partial charge on any atom is -0.493 e. The molecule has 0 bridgehead atoms. The summed E-state index contributed by atoms with van der Waals surface area (Å²) < 4.78 is 10.9. The molecule has 0 aliphatic heterocycles. The third kappa shape index (κ3) is 3.71. The second-order valence-electron chi connectivity index (χ2n) is 4.26. The standard InChI is InChI=1S/C16H13N3O2/c1-20-15-10-12(6-8-17)2-4-14(15)21-16-5-3-13(7-9-18)11-19-16/h2-5,10-11H,6-7H2,1H3. The van der Waals surface area contributed by atoms with Gasteiger partial charge in [-0.25, -0.2) is 4.98 Å². The van der Waals surface area contributed by atoms with Gasteiger partial charge in [-0.05, 0) is 23.3 Å². The van der Waals surface area contributed by atoms with Crippen LogP contribution in [0.1, 0.15) is 11.1 Å². The van der Waals surface area contributed by atoms with Gasteiger partial charge in [-0.3, -0.25) is 0 Å². The zero-order chi connectivity index (χ0) is 15.1. The third-order valence-electron chi connectivity index (χ3n) is 2.81. The summed E-state index contributed by atoms with van der Waals surface area (Å²) in [5, 5.41) is 17.3. The first kappa shape index (κ1) is 14.4. The number of benzene rings is 1. The number of rotatable bonds is 5. The molecule has 0 saturated carbocycles. The lowest BCUT2D eigenvalue weighted by Gasteiger charge is -2.10. The maximum Gasteiger partial charge on any atom is 0.219 e. The van der Waals surface area contributed by atoms with Crippen LogP contribution in [0.4, 0.5) is 0 Å². The van der Waals surface area contributed by atoms with Crippen molar-refractivity contribution in [2.75, 3.05) is 7.11 Å². The molecule has 0 spiro atoms. The van der Waals surface area contributed by atoms with E-state index in [1.807, 2.05) is 6.07 Å². The minimum absolute atomic E-state index is 0.317. The van der Waals surface area contributed by atoms with Crippen molar-refractivity contribution in [3.63, 3.8) is 0 Å². The highest BCUT2D eigenvalue weighted by Crippen LogP contribution is 2.31. The van der Waals surface area contributed by atoms with Crippen molar-refractivity contribution in [3.05, 3.63) is 47.7 Å². The smallest absolute Gasteiger partial charge is 0.219 e. The Morgan fingerprint density at radius 2 is 1.71 bits per heavy atom. The first-order chi connectivity index (χ1) is 10.3. The van der Waals surface area contributed by atoms with Gasteiger partial charge in [-0.15, -0.1) is 0 Å². The summed E-state index contributed by atoms with van der Waals surface area (Å²) in [5.41, 5.74) is 1.69. The van der Waals surface area contributed by atoms with E-state index in [4.69, 9.17) is 20.0 Å². The number of nitriles is 2. The molecule has 1 heterocycles. The molecule has 0 amide bonds.